The number of fused-ring (bicyclic) bond motifs is 13. The number of carboxylic acids is 1. The number of carbonyl (C=O) groups excluding carboxylic acids is 5. The lowest BCUT2D eigenvalue weighted by molar-refractivity contribution is -0.143. The zero-order valence-corrected chi connectivity index (χ0v) is 80.9. The van der Waals surface area contributed by atoms with Gasteiger partial charge in [-0.2, -0.15) is 0 Å². The van der Waals surface area contributed by atoms with E-state index < -0.39 is 28.0 Å². The van der Waals surface area contributed by atoms with E-state index >= 15 is 0 Å². The van der Waals surface area contributed by atoms with E-state index in [2.05, 4.69) is 41.5 Å². The number of imidazole rings is 5. The maximum absolute atomic E-state index is 13.5. The number of amides is 5. The van der Waals surface area contributed by atoms with Gasteiger partial charge in [0.15, 0.2) is 0 Å². The molecule has 2 fully saturated rings. The summed E-state index contributed by atoms with van der Waals surface area (Å²) < 4.78 is 65.0. The third kappa shape index (κ3) is 20.4. The normalized spacial score (nSPS) is 18.9. The molecule has 5 aromatic carbocycles. The van der Waals surface area contributed by atoms with Gasteiger partial charge in [0.1, 0.15) is 45.5 Å². The molecule has 1 N–H and O–H groups in total. The predicted molar refractivity (Wildman–Crippen MR) is 527 cm³/mol. The van der Waals surface area contributed by atoms with Gasteiger partial charge in [0.25, 0.3) is 16.7 Å². The van der Waals surface area contributed by atoms with E-state index in [0.29, 0.717) is 90.9 Å². The summed E-state index contributed by atoms with van der Waals surface area (Å²) in [5, 5.41) is 9.46. The zero-order valence-electron chi connectivity index (χ0n) is 80.1. The molecule has 5 atom stereocenters. The Morgan fingerprint density at radius 3 is 1.35 bits per heavy atom. The molecule has 0 radical (unpaired) electrons. The van der Waals surface area contributed by atoms with Gasteiger partial charge in [-0.15, -0.1) is 0 Å². The number of rotatable bonds is 19. The summed E-state index contributed by atoms with van der Waals surface area (Å²) in [6.07, 6.45) is 22.4. The Labute approximate surface area is 804 Å². The van der Waals surface area contributed by atoms with Gasteiger partial charge in [0.05, 0.1) is 133 Å². The van der Waals surface area contributed by atoms with Gasteiger partial charge in [-0.3, -0.25) is 43.6 Å². The molecule has 20 rings (SSSR count). The Morgan fingerprint density at radius 2 is 0.892 bits per heavy atom. The van der Waals surface area contributed by atoms with Crippen LogP contribution in [0.4, 0.5) is 41.9 Å². The third-order valence-electron chi connectivity index (χ3n) is 28.3. The lowest BCUT2D eigenvalue weighted by Crippen LogP contribution is -2.42. The van der Waals surface area contributed by atoms with Crippen molar-refractivity contribution in [3.05, 3.63) is 252 Å². The Bertz CT molecular complexity index is 7080. The van der Waals surface area contributed by atoms with Crippen LogP contribution in [0.5, 0.6) is 0 Å². The minimum absolute atomic E-state index is 0.00199. The average molecular weight is 1910 g/mol. The van der Waals surface area contributed by atoms with Crippen molar-refractivity contribution < 1.29 is 66.0 Å². The topological polar surface area (TPSA) is 374 Å². The van der Waals surface area contributed by atoms with E-state index in [1.165, 1.54) is 52.4 Å². The van der Waals surface area contributed by atoms with Gasteiger partial charge in [-0.05, 0) is 196 Å². The smallest absolute Gasteiger partial charge is 0.414 e. The molecular weight excluding hydrogens is 1790 g/mol. The first kappa shape index (κ1) is 96.6. The molecule has 730 valence electrons. The number of sulfone groups is 1. The highest BCUT2D eigenvalue weighted by Crippen LogP contribution is 2.45. The number of nitrogens with zero attached hydrogens (tertiary/aromatic N) is 18. The number of hydrogen-bond acceptors (Lipinski definition) is 21. The number of hydrogen-bond donors (Lipinski definition) is 1. The van der Waals surface area contributed by atoms with Crippen LogP contribution in [0, 0.1) is 5.92 Å². The summed E-state index contributed by atoms with van der Waals surface area (Å²) in [7, 11) is 2.51. The molecule has 13 aromatic rings. The number of aromatic nitrogens is 13. The van der Waals surface area contributed by atoms with Crippen molar-refractivity contribution in [3.8, 4) is 0 Å². The molecule has 8 aromatic heterocycles. The van der Waals surface area contributed by atoms with Gasteiger partial charge in [-0.1, -0.05) is 48.5 Å². The van der Waals surface area contributed by atoms with Gasteiger partial charge in [0, 0.05) is 166 Å². The summed E-state index contributed by atoms with van der Waals surface area (Å²) in [6.45, 7) is 13.2. The number of aryl methyl sites for hydroxylation is 9. The Balaban J connectivity index is 0.000000128. The van der Waals surface area contributed by atoms with Crippen LogP contribution in [-0.2, 0) is 134 Å². The highest BCUT2D eigenvalue weighted by atomic mass is 32.2. The van der Waals surface area contributed by atoms with Crippen LogP contribution in [0.2, 0.25) is 0 Å². The van der Waals surface area contributed by atoms with Crippen molar-refractivity contribution in [2.45, 2.75) is 225 Å². The van der Waals surface area contributed by atoms with E-state index in [1.807, 2.05) is 122 Å². The molecule has 0 unspecified atom stereocenters. The summed E-state index contributed by atoms with van der Waals surface area (Å²) in [6, 6.07) is 42.0. The Morgan fingerprint density at radius 1 is 0.460 bits per heavy atom. The first-order valence-corrected chi connectivity index (χ1v) is 50.1. The maximum Gasteiger partial charge on any atom is 0.414 e. The summed E-state index contributed by atoms with van der Waals surface area (Å²) in [5.74, 6) is 3.35. The highest BCUT2D eigenvalue weighted by molar-refractivity contribution is 7.90. The standard InChI is InChI=1S/C28H31N7O4.C27H31N3O4.C24H30N4O5S.C24H28N4O4/c1-19-6-7-20-21(35(19)28(38)39-2)8-9-22-27(20)30-23(10-13-32-12-4-3-5-25(32)36)34(22)18-26(37)33-16-15-31-14-11-29-24(31)17-33;1-17-8-13-21-22(29(17)27(33)34-2)14-15-23-25(21)28-24(16-18-6-4-3-5-7-18)30(23)20-11-9-19(10-12-20)26(31)32;1-17-8-9-18-19(28(17)24(30)33-2)10-11-20-23(18)25-21(27(20)14-6-16-34(3,31)32)12-15-26-13-5-4-7-22(26)29;1-16-8-9-18-19(27(16)24(30)31-2)10-11-20-23(18)25-21(14-26-12-4-3-7-22(26)29)28(20)17-6-5-13-32-15-17/h3-5,8-9,11-12,14,19H,6-7,10,13,15-18H2,1-2H3;3-7,14-15,17,19-20H,8-13,16H2,1-2H3,(H,31,32);4-5,7,10-11,13,17H,6,8-9,12,14-16H2,1-3H3;3-4,7,10-12,16-17H,5-6,8-9,13-15H2,1-2H3/t19-;17-,19?,20?;17-;16-,17-/m0000/s1. The largest absolute Gasteiger partial charge is 0.481 e. The van der Waals surface area contributed by atoms with Crippen LogP contribution in [0.3, 0.4) is 0 Å². The lowest BCUT2D eigenvalue weighted by atomic mass is 9.85. The molecule has 36 heteroatoms. The van der Waals surface area contributed by atoms with Crippen LogP contribution in [0.1, 0.15) is 167 Å². The first-order valence-electron chi connectivity index (χ1n) is 48.0. The monoisotopic (exact) mass is 1910 g/mol. The van der Waals surface area contributed by atoms with E-state index in [1.54, 1.807) is 82.4 Å². The van der Waals surface area contributed by atoms with Crippen molar-refractivity contribution >= 4 is 113 Å². The van der Waals surface area contributed by atoms with E-state index in [-0.39, 0.29) is 89.2 Å². The van der Waals surface area contributed by atoms with Crippen LogP contribution >= 0.6 is 0 Å². The maximum atomic E-state index is 13.5. The predicted octanol–water partition coefficient (Wildman–Crippen LogP) is 14.2. The fraction of sp³-hybridized carbons (Fsp3) is 0.437. The number of methoxy groups -OCH3 is 4. The number of anilines is 4. The minimum Gasteiger partial charge on any atom is -0.481 e. The summed E-state index contributed by atoms with van der Waals surface area (Å²) >= 11 is 0. The van der Waals surface area contributed by atoms with E-state index in [0.717, 1.165) is 202 Å². The van der Waals surface area contributed by atoms with Crippen molar-refractivity contribution in [2.24, 2.45) is 5.92 Å². The molecule has 1 saturated carbocycles. The van der Waals surface area contributed by atoms with Crippen molar-refractivity contribution in [1.29, 1.82) is 0 Å². The second-order valence-corrected chi connectivity index (χ2v) is 39.3. The van der Waals surface area contributed by atoms with Gasteiger partial charge in [-0.25, -0.2) is 52.5 Å². The number of carbonyl (C=O) groups is 6. The Hall–Kier alpha value is -14.0. The second kappa shape index (κ2) is 42.1. The average Bonchev–Trinajstić information content (AvgIpc) is 1.58. The van der Waals surface area contributed by atoms with Gasteiger partial charge < -0.3 is 70.2 Å². The number of ether oxygens (including phenoxy) is 5. The molecule has 14 heterocycles. The fourth-order valence-electron chi connectivity index (χ4n) is 21.1. The molecule has 139 heavy (non-hydrogen) atoms. The Kier molecular flexibility index (Phi) is 29.3. The first-order chi connectivity index (χ1) is 67.2. The minimum atomic E-state index is -3.08. The third-order valence-corrected chi connectivity index (χ3v) is 29.3. The molecule has 1 aliphatic carbocycles. The molecular formula is C103H120N18O17S. The number of aliphatic carboxylic acids is 1. The van der Waals surface area contributed by atoms with E-state index in [4.69, 9.17) is 43.6 Å². The lowest BCUT2D eigenvalue weighted by Gasteiger charge is -2.34. The van der Waals surface area contributed by atoms with Crippen molar-refractivity contribution in [3.63, 3.8) is 0 Å². The van der Waals surface area contributed by atoms with Crippen LogP contribution in [0.15, 0.2) is 179 Å². The van der Waals surface area contributed by atoms with Crippen LogP contribution < -0.4 is 36.3 Å². The highest BCUT2D eigenvalue weighted by Gasteiger charge is 2.39. The summed E-state index contributed by atoms with van der Waals surface area (Å²) in [5.41, 5.74) is 15.7. The molecule has 7 aliphatic rings. The fourth-order valence-corrected chi connectivity index (χ4v) is 21.7. The molecule has 0 bridgehead atoms. The van der Waals surface area contributed by atoms with Gasteiger partial charge in [0.2, 0.25) is 5.91 Å². The zero-order chi connectivity index (χ0) is 97.6. The molecule has 0 spiro atoms. The summed E-state index contributed by atoms with van der Waals surface area (Å²) in [4.78, 5) is 145. The molecule has 35 nitrogen and oxygen atoms in total. The number of carboxylic acid groups (broad SMARTS) is 1. The van der Waals surface area contributed by atoms with Crippen LogP contribution in [0.25, 0.3) is 44.1 Å². The van der Waals surface area contributed by atoms with Gasteiger partial charge >= 0.3 is 30.3 Å². The quantitative estimate of drug-likeness (QED) is 0.0735. The molecule has 6 aliphatic heterocycles. The van der Waals surface area contributed by atoms with E-state index in [9.17, 15) is 56.7 Å². The molecule has 1 saturated heterocycles. The second-order valence-electron chi connectivity index (χ2n) is 37.1. The van der Waals surface area contributed by atoms with Crippen molar-refractivity contribution in [2.75, 3.05) is 79.8 Å². The number of pyridine rings is 3. The SMILES string of the molecule is COC(=O)N1c2ccc3c(nc(CCn4ccccc4=O)n3CC(=O)N3CCn4ccnc4C3)c2CC[C@@H]1C.COC(=O)N1c2ccc3c(nc(CCn4ccccc4=O)n3CCCS(C)(=O)=O)c2CC[C@@H]1C.COC(=O)N1c2ccc3c(nc(Cc4ccccc4)n3C3CCC(C(=O)O)CC3)c2CC[C@@H]1C.COC(=O)N1c2ccc3c(nc(Cn4ccccc4=O)n3[C@H]3CCCOC3)c2CC[C@@H]1C. The van der Waals surface area contributed by atoms with Crippen LogP contribution in [-0.4, -0.2) is 201 Å². The number of benzene rings is 5. The molecule has 5 amide bonds. The van der Waals surface area contributed by atoms with Crippen molar-refractivity contribution in [1.82, 2.24) is 66.4 Å².